The lowest BCUT2D eigenvalue weighted by Gasteiger charge is -2.49. The zero-order valence-corrected chi connectivity index (χ0v) is 15.8. The molecule has 0 radical (unpaired) electrons. The monoisotopic (exact) mass is 308 g/mol. The van der Waals surface area contributed by atoms with Crippen LogP contribution in [-0.4, -0.2) is 5.66 Å². The highest BCUT2D eigenvalue weighted by molar-refractivity contribution is 4.93. The van der Waals surface area contributed by atoms with E-state index < -0.39 is 0 Å². The van der Waals surface area contributed by atoms with Crippen molar-refractivity contribution in [1.82, 2.24) is 5.32 Å². The van der Waals surface area contributed by atoms with Crippen molar-refractivity contribution in [2.75, 3.05) is 0 Å². The van der Waals surface area contributed by atoms with Gasteiger partial charge in [-0.2, -0.15) is 0 Å². The van der Waals surface area contributed by atoms with Gasteiger partial charge in [0, 0.05) is 0 Å². The smallest absolute Gasteiger partial charge is 0.0822 e. The number of hydrogen-bond acceptors (Lipinski definition) is 2. The summed E-state index contributed by atoms with van der Waals surface area (Å²) in [6.07, 6.45) is 12.3. The van der Waals surface area contributed by atoms with Gasteiger partial charge >= 0.3 is 0 Å². The minimum atomic E-state index is -0.306. The highest BCUT2D eigenvalue weighted by atomic mass is 15.1. The topological polar surface area (TPSA) is 38.0 Å². The van der Waals surface area contributed by atoms with Gasteiger partial charge in [-0.1, -0.05) is 53.5 Å². The highest BCUT2D eigenvalue weighted by Crippen LogP contribution is 2.53. The molecule has 0 bridgehead atoms. The predicted molar refractivity (Wildman–Crippen MR) is 98.5 cm³/mol. The van der Waals surface area contributed by atoms with E-state index in [0.717, 1.165) is 24.2 Å². The maximum absolute atomic E-state index is 6.22. The third-order valence-corrected chi connectivity index (χ3v) is 6.23. The van der Waals surface area contributed by atoms with Crippen LogP contribution in [0.4, 0.5) is 0 Å². The molecular weight excluding hydrogens is 268 g/mol. The van der Waals surface area contributed by atoms with Gasteiger partial charge < -0.3 is 11.1 Å². The molecule has 0 amide bonds. The van der Waals surface area contributed by atoms with Gasteiger partial charge in [0.2, 0.25) is 0 Å². The van der Waals surface area contributed by atoms with Crippen LogP contribution < -0.4 is 11.1 Å². The fourth-order valence-corrected chi connectivity index (χ4v) is 4.35. The fourth-order valence-electron chi connectivity index (χ4n) is 4.35. The van der Waals surface area contributed by atoms with Gasteiger partial charge in [0.15, 0.2) is 0 Å². The van der Waals surface area contributed by atoms with Gasteiger partial charge in [-0.25, -0.2) is 0 Å². The van der Waals surface area contributed by atoms with Gasteiger partial charge in [-0.3, -0.25) is 0 Å². The Kier molecular flexibility index (Phi) is 7.45. The van der Waals surface area contributed by atoms with E-state index in [4.69, 9.17) is 5.73 Å². The summed E-state index contributed by atoms with van der Waals surface area (Å²) in [6, 6.07) is 0. The largest absolute Gasteiger partial charge is 0.374 e. The fraction of sp³-hybridized carbons (Fsp3) is 0.900. The van der Waals surface area contributed by atoms with Crippen LogP contribution in [-0.2, 0) is 0 Å². The summed E-state index contributed by atoms with van der Waals surface area (Å²) in [5.74, 6) is 2.62. The molecule has 2 unspecified atom stereocenters. The summed E-state index contributed by atoms with van der Waals surface area (Å²) in [7, 11) is 0. The molecule has 22 heavy (non-hydrogen) atoms. The lowest BCUT2D eigenvalue weighted by Crippen LogP contribution is -2.48. The predicted octanol–water partition coefficient (Wildman–Crippen LogP) is 5.44. The molecule has 0 aliphatic heterocycles. The van der Waals surface area contributed by atoms with Crippen LogP contribution in [0.15, 0.2) is 12.8 Å². The minimum absolute atomic E-state index is 0.306. The van der Waals surface area contributed by atoms with Crippen LogP contribution in [0.1, 0.15) is 86.0 Å². The van der Waals surface area contributed by atoms with E-state index in [1.165, 1.54) is 44.9 Å². The van der Waals surface area contributed by atoms with Gasteiger partial charge in [0.25, 0.3) is 0 Å². The first-order valence-electron chi connectivity index (χ1n) is 9.45. The maximum Gasteiger partial charge on any atom is 0.0822 e. The zero-order chi connectivity index (χ0) is 16.8. The molecule has 2 nitrogen and oxygen atoms in total. The van der Waals surface area contributed by atoms with E-state index in [2.05, 4.69) is 46.5 Å². The van der Waals surface area contributed by atoms with Crippen LogP contribution in [0, 0.1) is 23.2 Å². The van der Waals surface area contributed by atoms with Crippen molar-refractivity contribution in [2.24, 2.45) is 28.9 Å². The van der Waals surface area contributed by atoms with Crippen molar-refractivity contribution in [1.29, 1.82) is 0 Å². The standard InChI is InChI=1S/C20H40N2/c1-7-20(8-2)14-17(15-20)13-18(16(4)5)11-10-12-19(6,21)22-9-3/h9,16-18,22H,3,7-8,10-15,21H2,1-2,4-6H3. The second-order valence-corrected chi connectivity index (χ2v) is 8.38. The average Bonchev–Trinajstić information content (AvgIpc) is 2.40. The normalized spacial score (nSPS) is 22.0. The number of nitrogens with two attached hydrogens (primary N) is 1. The molecular formula is C20H40N2. The minimum Gasteiger partial charge on any atom is -0.374 e. The lowest BCUT2D eigenvalue weighted by atomic mass is 9.57. The van der Waals surface area contributed by atoms with Crippen molar-refractivity contribution in [3.05, 3.63) is 12.8 Å². The quantitative estimate of drug-likeness (QED) is 0.498. The second kappa shape index (κ2) is 8.38. The van der Waals surface area contributed by atoms with Crippen LogP contribution in [0.5, 0.6) is 0 Å². The molecule has 0 aromatic heterocycles. The molecule has 0 aromatic rings. The van der Waals surface area contributed by atoms with Gasteiger partial charge in [-0.05, 0) is 68.4 Å². The van der Waals surface area contributed by atoms with E-state index in [1.807, 2.05) is 0 Å². The summed E-state index contributed by atoms with van der Waals surface area (Å²) in [5.41, 5.74) is 6.60. The van der Waals surface area contributed by atoms with Crippen LogP contribution >= 0.6 is 0 Å². The number of nitrogens with one attached hydrogen (secondary N) is 1. The molecule has 2 heteroatoms. The number of hydrogen-bond donors (Lipinski definition) is 2. The highest BCUT2D eigenvalue weighted by Gasteiger charge is 2.41. The molecule has 2 atom stereocenters. The first-order chi connectivity index (χ1) is 10.3. The Bertz CT molecular complexity index is 321. The summed E-state index contributed by atoms with van der Waals surface area (Å²) in [5, 5.41) is 3.16. The molecule has 1 saturated carbocycles. The van der Waals surface area contributed by atoms with Crippen molar-refractivity contribution in [3.63, 3.8) is 0 Å². The average molecular weight is 309 g/mol. The van der Waals surface area contributed by atoms with Crippen molar-refractivity contribution in [2.45, 2.75) is 91.6 Å². The lowest BCUT2D eigenvalue weighted by molar-refractivity contribution is 0.0242. The Morgan fingerprint density at radius 3 is 2.36 bits per heavy atom. The Morgan fingerprint density at radius 2 is 1.91 bits per heavy atom. The third-order valence-electron chi connectivity index (χ3n) is 6.23. The molecule has 1 aliphatic carbocycles. The molecule has 1 rings (SSSR count). The summed E-state index contributed by atoms with van der Waals surface area (Å²) in [4.78, 5) is 0. The van der Waals surface area contributed by atoms with Crippen molar-refractivity contribution in [3.8, 4) is 0 Å². The maximum atomic E-state index is 6.22. The Labute approximate surface area is 139 Å². The molecule has 1 fully saturated rings. The first-order valence-corrected chi connectivity index (χ1v) is 9.45. The Morgan fingerprint density at radius 1 is 1.32 bits per heavy atom. The second-order valence-electron chi connectivity index (χ2n) is 8.38. The molecule has 0 saturated heterocycles. The van der Waals surface area contributed by atoms with Crippen LogP contribution in [0.25, 0.3) is 0 Å². The molecule has 130 valence electrons. The van der Waals surface area contributed by atoms with Gasteiger partial charge in [-0.15, -0.1) is 0 Å². The third kappa shape index (κ3) is 5.61. The van der Waals surface area contributed by atoms with E-state index in [1.54, 1.807) is 6.20 Å². The molecule has 1 aliphatic rings. The van der Waals surface area contributed by atoms with Crippen LogP contribution in [0.2, 0.25) is 0 Å². The Balaban J connectivity index is 2.36. The van der Waals surface area contributed by atoms with E-state index >= 15 is 0 Å². The van der Waals surface area contributed by atoms with E-state index in [-0.39, 0.29) is 5.66 Å². The van der Waals surface area contributed by atoms with E-state index in [0.29, 0.717) is 5.41 Å². The zero-order valence-electron chi connectivity index (χ0n) is 15.8. The summed E-state index contributed by atoms with van der Waals surface area (Å²) in [6.45, 7) is 15.3. The van der Waals surface area contributed by atoms with Gasteiger partial charge in [0.05, 0.1) is 5.66 Å². The van der Waals surface area contributed by atoms with Crippen LogP contribution in [0.3, 0.4) is 0 Å². The SMILES string of the molecule is C=CNC(C)(N)CCCC(CC1CC(CC)(CC)C1)C(C)C. The van der Waals surface area contributed by atoms with Crippen molar-refractivity contribution >= 4 is 0 Å². The molecule has 3 N–H and O–H groups in total. The summed E-state index contributed by atoms with van der Waals surface area (Å²) >= 11 is 0. The van der Waals surface area contributed by atoms with E-state index in [9.17, 15) is 0 Å². The molecule has 0 spiro atoms. The first kappa shape index (κ1) is 19.5. The Hall–Kier alpha value is -0.500. The van der Waals surface area contributed by atoms with Crippen molar-refractivity contribution < 1.29 is 0 Å². The molecule has 0 heterocycles. The number of rotatable bonds is 11. The van der Waals surface area contributed by atoms with Gasteiger partial charge in [0.1, 0.15) is 0 Å². The summed E-state index contributed by atoms with van der Waals surface area (Å²) < 4.78 is 0. The molecule has 0 aromatic carbocycles.